The highest BCUT2D eigenvalue weighted by atomic mass is 16.4. The summed E-state index contributed by atoms with van der Waals surface area (Å²) in [5, 5.41) is 15.9. The number of rotatable bonds is 4. The van der Waals surface area contributed by atoms with E-state index in [0.717, 1.165) is 48.4 Å². The Morgan fingerprint density at radius 1 is 1.03 bits per heavy atom. The number of aromatic nitrogens is 3. The van der Waals surface area contributed by atoms with Crippen LogP contribution in [-0.4, -0.2) is 38.9 Å². The van der Waals surface area contributed by atoms with Crippen molar-refractivity contribution in [2.45, 2.75) is 57.3 Å². The van der Waals surface area contributed by atoms with Crippen molar-refractivity contribution in [2.75, 3.05) is 18.0 Å². The third-order valence-corrected chi connectivity index (χ3v) is 7.66. The summed E-state index contributed by atoms with van der Waals surface area (Å²) in [7, 11) is 0. The van der Waals surface area contributed by atoms with E-state index in [4.69, 9.17) is 5.10 Å². The molecule has 0 atom stereocenters. The van der Waals surface area contributed by atoms with Gasteiger partial charge in [0.1, 0.15) is 0 Å². The van der Waals surface area contributed by atoms with Gasteiger partial charge in [-0.3, -0.25) is 0 Å². The first-order valence-corrected chi connectivity index (χ1v) is 11.6. The molecule has 31 heavy (non-hydrogen) atoms. The minimum absolute atomic E-state index is 0.101. The first-order chi connectivity index (χ1) is 15.1. The predicted molar refractivity (Wildman–Crippen MR) is 120 cm³/mol. The Kier molecular flexibility index (Phi) is 4.30. The van der Waals surface area contributed by atoms with Crippen LogP contribution in [0.1, 0.15) is 73.5 Å². The molecule has 0 radical (unpaired) electrons. The summed E-state index contributed by atoms with van der Waals surface area (Å²) in [5.74, 6) is -0.546. The summed E-state index contributed by atoms with van der Waals surface area (Å²) in [5.41, 5.74) is 4.23. The van der Waals surface area contributed by atoms with Crippen molar-refractivity contribution in [1.29, 1.82) is 0 Å². The molecule has 3 heterocycles. The number of fused-ring (bicyclic) bond motifs is 1. The Bertz CT molecular complexity index is 1140. The number of carboxylic acids is 1. The van der Waals surface area contributed by atoms with Crippen LogP contribution in [0.3, 0.4) is 0 Å². The monoisotopic (exact) mass is 416 g/mol. The zero-order valence-electron chi connectivity index (χ0n) is 17.8. The molecule has 6 heteroatoms. The molecule has 3 fully saturated rings. The van der Waals surface area contributed by atoms with Crippen LogP contribution in [0.5, 0.6) is 0 Å². The molecule has 0 unspecified atom stereocenters. The van der Waals surface area contributed by atoms with Crippen molar-refractivity contribution < 1.29 is 9.90 Å². The Balaban J connectivity index is 1.52. The maximum atomic E-state index is 12.0. The zero-order valence-corrected chi connectivity index (χ0v) is 17.8. The van der Waals surface area contributed by atoms with Crippen LogP contribution in [0.2, 0.25) is 0 Å². The number of para-hydroxylation sites is 1. The average molecular weight is 417 g/mol. The van der Waals surface area contributed by atoms with Crippen molar-refractivity contribution in [3.63, 3.8) is 0 Å². The molecular formula is C25H28N4O2. The van der Waals surface area contributed by atoms with E-state index in [2.05, 4.69) is 9.88 Å². The number of pyridine rings is 1. The van der Waals surface area contributed by atoms with E-state index >= 15 is 0 Å². The highest BCUT2D eigenvalue weighted by Crippen LogP contribution is 2.49. The summed E-state index contributed by atoms with van der Waals surface area (Å²) in [6.45, 7) is 2.04. The Morgan fingerprint density at radius 3 is 2.42 bits per heavy atom. The van der Waals surface area contributed by atoms with E-state index in [1.54, 1.807) is 6.07 Å². The van der Waals surface area contributed by atoms with Crippen LogP contribution in [0.25, 0.3) is 16.7 Å². The van der Waals surface area contributed by atoms with Crippen LogP contribution in [0.4, 0.5) is 5.69 Å². The topological polar surface area (TPSA) is 71.2 Å². The van der Waals surface area contributed by atoms with Gasteiger partial charge in [0.2, 0.25) is 0 Å². The largest absolute Gasteiger partial charge is 0.477 e. The van der Waals surface area contributed by atoms with Gasteiger partial charge in [0.15, 0.2) is 11.3 Å². The lowest BCUT2D eigenvalue weighted by Gasteiger charge is -2.53. The standard InChI is InChI=1S/C25H28N4O2/c30-24(31)19-14-20(28-15-25(16-28)12-5-2-6-13-25)21-22(17-8-7-9-17)27-29(23(21)26-19)18-10-3-1-4-11-18/h1,3-4,10-11,14,17H,2,5-9,12-13,15-16H2,(H,30,31). The lowest BCUT2D eigenvalue weighted by Crippen LogP contribution is -2.57. The molecule has 1 N–H and O–H groups in total. The number of aromatic carboxylic acids is 1. The molecule has 2 aliphatic carbocycles. The molecule has 1 aliphatic heterocycles. The van der Waals surface area contributed by atoms with Crippen LogP contribution in [0, 0.1) is 5.41 Å². The quantitative estimate of drug-likeness (QED) is 0.636. The fourth-order valence-electron chi connectivity index (χ4n) is 5.75. The van der Waals surface area contributed by atoms with E-state index in [-0.39, 0.29) is 5.69 Å². The minimum atomic E-state index is -0.984. The van der Waals surface area contributed by atoms with Gasteiger partial charge < -0.3 is 10.0 Å². The molecule has 1 spiro atoms. The fourth-order valence-corrected chi connectivity index (χ4v) is 5.75. The summed E-state index contributed by atoms with van der Waals surface area (Å²) >= 11 is 0. The second-order valence-electron chi connectivity index (χ2n) is 9.71. The number of hydrogen-bond donors (Lipinski definition) is 1. The second-order valence-corrected chi connectivity index (χ2v) is 9.71. The number of carboxylic acid groups (broad SMARTS) is 1. The molecule has 0 bridgehead atoms. The van der Waals surface area contributed by atoms with Gasteiger partial charge >= 0.3 is 5.97 Å². The van der Waals surface area contributed by atoms with Crippen LogP contribution >= 0.6 is 0 Å². The van der Waals surface area contributed by atoms with Crippen LogP contribution in [0.15, 0.2) is 36.4 Å². The lowest BCUT2D eigenvalue weighted by atomic mass is 9.68. The molecule has 160 valence electrons. The first kappa shape index (κ1) is 18.8. The van der Waals surface area contributed by atoms with Gasteiger partial charge in [-0.2, -0.15) is 5.10 Å². The number of anilines is 1. The van der Waals surface area contributed by atoms with E-state index in [1.807, 2.05) is 35.0 Å². The van der Waals surface area contributed by atoms with E-state index in [0.29, 0.717) is 17.0 Å². The molecule has 1 saturated heterocycles. The molecule has 2 saturated carbocycles. The van der Waals surface area contributed by atoms with E-state index in [1.165, 1.54) is 38.5 Å². The molecule has 6 nitrogen and oxygen atoms in total. The van der Waals surface area contributed by atoms with Crippen molar-refractivity contribution >= 4 is 22.7 Å². The Labute approximate surface area is 181 Å². The third kappa shape index (κ3) is 3.03. The lowest BCUT2D eigenvalue weighted by molar-refractivity contribution is 0.0691. The zero-order chi connectivity index (χ0) is 21.0. The maximum Gasteiger partial charge on any atom is 0.354 e. The summed E-state index contributed by atoms with van der Waals surface area (Å²) in [6, 6.07) is 11.7. The van der Waals surface area contributed by atoms with Crippen molar-refractivity contribution in [3.8, 4) is 5.69 Å². The molecule has 2 aromatic heterocycles. The SMILES string of the molecule is O=C(O)c1cc(N2CC3(CCCCC3)C2)c2c(C3CCC3)nn(-c3ccccc3)c2n1. The normalized spacial score (nSPS) is 20.6. The van der Waals surface area contributed by atoms with Crippen LogP contribution < -0.4 is 4.90 Å². The smallest absolute Gasteiger partial charge is 0.354 e. The van der Waals surface area contributed by atoms with Gasteiger partial charge in [0, 0.05) is 24.4 Å². The van der Waals surface area contributed by atoms with Gasteiger partial charge in [-0.25, -0.2) is 14.5 Å². The fraction of sp³-hybridized carbons (Fsp3) is 0.480. The second kappa shape index (κ2) is 7.08. The molecule has 6 rings (SSSR count). The van der Waals surface area contributed by atoms with Gasteiger partial charge in [0.25, 0.3) is 0 Å². The van der Waals surface area contributed by atoms with Gasteiger partial charge in [0.05, 0.1) is 22.5 Å². The minimum Gasteiger partial charge on any atom is -0.477 e. The number of hydrogen-bond acceptors (Lipinski definition) is 4. The highest BCUT2D eigenvalue weighted by molar-refractivity contribution is 5.99. The average Bonchev–Trinajstić information content (AvgIpc) is 3.10. The number of nitrogens with zero attached hydrogens (tertiary/aromatic N) is 4. The van der Waals surface area contributed by atoms with Crippen LogP contribution in [-0.2, 0) is 0 Å². The van der Waals surface area contributed by atoms with Crippen molar-refractivity contribution in [2.24, 2.45) is 5.41 Å². The molecule has 3 aliphatic rings. The molecular weight excluding hydrogens is 388 g/mol. The molecule has 3 aromatic rings. The summed E-state index contributed by atoms with van der Waals surface area (Å²) in [6.07, 6.45) is 10.1. The summed E-state index contributed by atoms with van der Waals surface area (Å²) < 4.78 is 1.86. The molecule has 1 aromatic carbocycles. The highest BCUT2D eigenvalue weighted by Gasteiger charge is 2.44. The van der Waals surface area contributed by atoms with Gasteiger partial charge in [-0.1, -0.05) is 43.9 Å². The number of benzene rings is 1. The van der Waals surface area contributed by atoms with Gasteiger partial charge in [-0.15, -0.1) is 0 Å². The Morgan fingerprint density at radius 2 is 1.77 bits per heavy atom. The predicted octanol–water partition coefficient (Wildman–Crippen LogP) is 5.16. The number of carbonyl (C=O) groups is 1. The Hall–Kier alpha value is -2.89. The van der Waals surface area contributed by atoms with Crippen molar-refractivity contribution in [3.05, 3.63) is 47.8 Å². The van der Waals surface area contributed by atoms with Crippen molar-refractivity contribution in [1.82, 2.24) is 14.8 Å². The third-order valence-electron chi connectivity index (χ3n) is 7.66. The molecule has 0 amide bonds. The first-order valence-electron chi connectivity index (χ1n) is 11.6. The maximum absolute atomic E-state index is 12.0. The van der Waals surface area contributed by atoms with Gasteiger partial charge in [-0.05, 0) is 43.9 Å². The van der Waals surface area contributed by atoms with E-state index < -0.39 is 5.97 Å². The van der Waals surface area contributed by atoms with E-state index in [9.17, 15) is 9.90 Å². The summed E-state index contributed by atoms with van der Waals surface area (Å²) in [4.78, 5) is 18.9.